The number of methoxy groups -OCH3 is 1. The SMILES string of the molecule is COc1ccc2c(c1)N(Cc1ccccc1)C(C)C2. The molecule has 0 aromatic heterocycles. The number of hydrogen-bond acceptors (Lipinski definition) is 2. The summed E-state index contributed by atoms with van der Waals surface area (Å²) < 4.78 is 5.35. The molecule has 0 fully saturated rings. The summed E-state index contributed by atoms with van der Waals surface area (Å²) in [5.41, 5.74) is 4.09. The van der Waals surface area contributed by atoms with Gasteiger partial charge in [0, 0.05) is 24.3 Å². The first kappa shape index (κ1) is 12.1. The van der Waals surface area contributed by atoms with E-state index >= 15 is 0 Å². The first-order chi connectivity index (χ1) is 9.28. The molecule has 0 aliphatic carbocycles. The molecule has 0 spiro atoms. The number of anilines is 1. The Balaban J connectivity index is 1.91. The summed E-state index contributed by atoms with van der Waals surface area (Å²) in [5, 5.41) is 0. The van der Waals surface area contributed by atoms with Crippen LogP contribution in [0.3, 0.4) is 0 Å². The zero-order valence-electron chi connectivity index (χ0n) is 11.5. The molecule has 2 nitrogen and oxygen atoms in total. The molecule has 0 saturated carbocycles. The molecule has 1 aliphatic heterocycles. The van der Waals surface area contributed by atoms with E-state index in [0.29, 0.717) is 6.04 Å². The molecule has 0 bridgehead atoms. The second kappa shape index (κ2) is 4.96. The van der Waals surface area contributed by atoms with Gasteiger partial charge in [-0.05, 0) is 30.5 Å². The smallest absolute Gasteiger partial charge is 0.120 e. The van der Waals surface area contributed by atoms with Gasteiger partial charge in [0.15, 0.2) is 0 Å². The lowest BCUT2D eigenvalue weighted by molar-refractivity contribution is 0.415. The fourth-order valence-corrected chi connectivity index (χ4v) is 2.80. The van der Waals surface area contributed by atoms with Crippen molar-refractivity contribution in [2.75, 3.05) is 12.0 Å². The van der Waals surface area contributed by atoms with E-state index in [2.05, 4.69) is 60.4 Å². The first-order valence-electron chi connectivity index (χ1n) is 6.75. The number of ether oxygens (including phenoxy) is 1. The highest BCUT2D eigenvalue weighted by molar-refractivity contribution is 5.62. The summed E-state index contributed by atoms with van der Waals surface area (Å²) in [4.78, 5) is 2.47. The van der Waals surface area contributed by atoms with E-state index in [1.54, 1.807) is 7.11 Å². The van der Waals surface area contributed by atoms with Crippen LogP contribution in [-0.2, 0) is 13.0 Å². The van der Waals surface area contributed by atoms with Crippen LogP contribution >= 0.6 is 0 Å². The van der Waals surface area contributed by atoms with E-state index in [1.165, 1.54) is 16.8 Å². The Morgan fingerprint density at radius 1 is 1.16 bits per heavy atom. The van der Waals surface area contributed by atoms with Crippen LogP contribution in [0.5, 0.6) is 5.75 Å². The Morgan fingerprint density at radius 2 is 1.95 bits per heavy atom. The molecule has 0 N–H and O–H groups in total. The van der Waals surface area contributed by atoms with Crippen molar-refractivity contribution in [3.05, 3.63) is 59.7 Å². The third-order valence-electron chi connectivity index (χ3n) is 3.85. The number of hydrogen-bond donors (Lipinski definition) is 0. The maximum atomic E-state index is 5.35. The molecule has 2 aromatic rings. The Labute approximate surface area is 114 Å². The lowest BCUT2D eigenvalue weighted by Gasteiger charge is -2.25. The van der Waals surface area contributed by atoms with Crippen molar-refractivity contribution in [1.29, 1.82) is 0 Å². The van der Waals surface area contributed by atoms with Gasteiger partial charge in [-0.2, -0.15) is 0 Å². The summed E-state index contributed by atoms with van der Waals surface area (Å²) in [6, 6.07) is 17.6. The van der Waals surface area contributed by atoms with E-state index in [0.717, 1.165) is 18.7 Å². The molecular formula is C17H19NO. The molecule has 1 atom stereocenters. The Hall–Kier alpha value is -1.96. The summed E-state index contributed by atoms with van der Waals surface area (Å²) in [7, 11) is 1.72. The topological polar surface area (TPSA) is 12.5 Å². The van der Waals surface area contributed by atoms with Crippen LogP contribution in [0, 0.1) is 0 Å². The Bertz CT molecular complexity index is 565. The normalized spacial score (nSPS) is 17.4. The van der Waals surface area contributed by atoms with E-state index in [9.17, 15) is 0 Å². The van der Waals surface area contributed by atoms with E-state index in [-0.39, 0.29) is 0 Å². The second-order valence-corrected chi connectivity index (χ2v) is 5.16. The number of rotatable bonds is 3. The number of fused-ring (bicyclic) bond motifs is 1. The minimum Gasteiger partial charge on any atom is -0.497 e. The van der Waals surface area contributed by atoms with Gasteiger partial charge in [-0.25, -0.2) is 0 Å². The van der Waals surface area contributed by atoms with Crippen molar-refractivity contribution in [2.45, 2.75) is 25.9 Å². The highest BCUT2D eigenvalue weighted by Crippen LogP contribution is 2.35. The number of nitrogens with zero attached hydrogens (tertiary/aromatic N) is 1. The molecule has 98 valence electrons. The van der Waals surface area contributed by atoms with Crippen LogP contribution in [0.4, 0.5) is 5.69 Å². The summed E-state index contributed by atoms with van der Waals surface area (Å²) in [5.74, 6) is 0.936. The molecule has 0 saturated heterocycles. The zero-order chi connectivity index (χ0) is 13.2. The average Bonchev–Trinajstić information content (AvgIpc) is 2.76. The van der Waals surface area contributed by atoms with Gasteiger partial charge in [0.25, 0.3) is 0 Å². The Morgan fingerprint density at radius 3 is 2.68 bits per heavy atom. The fourth-order valence-electron chi connectivity index (χ4n) is 2.80. The molecule has 3 rings (SSSR count). The number of benzene rings is 2. The van der Waals surface area contributed by atoms with Gasteiger partial charge in [0.05, 0.1) is 7.11 Å². The third-order valence-corrected chi connectivity index (χ3v) is 3.85. The molecule has 1 aliphatic rings. The molecule has 0 radical (unpaired) electrons. The van der Waals surface area contributed by atoms with Crippen LogP contribution in [0.1, 0.15) is 18.1 Å². The van der Waals surface area contributed by atoms with Gasteiger partial charge in [-0.1, -0.05) is 36.4 Å². The predicted octanol–water partition coefficient (Wildman–Crippen LogP) is 3.65. The van der Waals surface area contributed by atoms with Crippen molar-refractivity contribution in [2.24, 2.45) is 0 Å². The molecular weight excluding hydrogens is 234 g/mol. The lowest BCUT2D eigenvalue weighted by atomic mass is 10.1. The summed E-state index contributed by atoms with van der Waals surface area (Å²) in [6.45, 7) is 3.25. The van der Waals surface area contributed by atoms with Crippen LogP contribution < -0.4 is 9.64 Å². The molecule has 1 heterocycles. The quantitative estimate of drug-likeness (QED) is 0.828. The van der Waals surface area contributed by atoms with Crippen molar-refractivity contribution in [3.8, 4) is 5.75 Å². The van der Waals surface area contributed by atoms with Crippen LogP contribution in [0.2, 0.25) is 0 Å². The molecule has 2 heteroatoms. The first-order valence-corrected chi connectivity index (χ1v) is 6.75. The van der Waals surface area contributed by atoms with Crippen LogP contribution in [0.15, 0.2) is 48.5 Å². The van der Waals surface area contributed by atoms with Crippen LogP contribution in [-0.4, -0.2) is 13.2 Å². The minimum absolute atomic E-state index is 0.544. The predicted molar refractivity (Wildman–Crippen MR) is 78.8 cm³/mol. The third kappa shape index (κ3) is 2.30. The standard InChI is InChI=1S/C17H19NO/c1-13-10-15-8-9-16(19-2)11-17(15)18(13)12-14-6-4-3-5-7-14/h3-9,11,13H,10,12H2,1-2H3. The van der Waals surface area contributed by atoms with Gasteiger partial charge < -0.3 is 9.64 Å². The highest BCUT2D eigenvalue weighted by atomic mass is 16.5. The largest absolute Gasteiger partial charge is 0.497 e. The molecule has 2 aromatic carbocycles. The average molecular weight is 253 g/mol. The van der Waals surface area contributed by atoms with Crippen molar-refractivity contribution < 1.29 is 4.74 Å². The highest BCUT2D eigenvalue weighted by Gasteiger charge is 2.26. The van der Waals surface area contributed by atoms with Gasteiger partial charge >= 0.3 is 0 Å². The van der Waals surface area contributed by atoms with Crippen molar-refractivity contribution >= 4 is 5.69 Å². The molecule has 1 unspecified atom stereocenters. The molecule has 19 heavy (non-hydrogen) atoms. The van der Waals surface area contributed by atoms with Gasteiger partial charge in [0.2, 0.25) is 0 Å². The van der Waals surface area contributed by atoms with E-state index < -0.39 is 0 Å². The zero-order valence-corrected chi connectivity index (χ0v) is 11.5. The maximum absolute atomic E-state index is 5.35. The summed E-state index contributed by atoms with van der Waals surface area (Å²) in [6.07, 6.45) is 1.12. The monoisotopic (exact) mass is 253 g/mol. The van der Waals surface area contributed by atoms with Gasteiger partial charge in [0.1, 0.15) is 5.75 Å². The summed E-state index contributed by atoms with van der Waals surface area (Å²) >= 11 is 0. The van der Waals surface area contributed by atoms with Crippen LogP contribution in [0.25, 0.3) is 0 Å². The minimum atomic E-state index is 0.544. The van der Waals surface area contributed by atoms with Gasteiger partial charge in [-0.3, -0.25) is 0 Å². The van der Waals surface area contributed by atoms with Gasteiger partial charge in [-0.15, -0.1) is 0 Å². The maximum Gasteiger partial charge on any atom is 0.120 e. The van der Waals surface area contributed by atoms with Crippen molar-refractivity contribution in [1.82, 2.24) is 0 Å². The molecule has 0 amide bonds. The van der Waals surface area contributed by atoms with E-state index in [1.807, 2.05) is 0 Å². The second-order valence-electron chi connectivity index (χ2n) is 5.16. The lowest BCUT2D eigenvalue weighted by Crippen LogP contribution is -2.28. The van der Waals surface area contributed by atoms with E-state index in [4.69, 9.17) is 4.74 Å². The Kier molecular flexibility index (Phi) is 3.16. The van der Waals surface area contributed by atoms with Crippen molar-refractivity contribution in [3.63, 3.8) is 0 Å². The fraction of sp³-hybridized carbons (Fsp3) is 0.294.